The number of benzene rings is 2. The Morgan fingerprint density at radius 2 is 1.97 bits per heavy atom. The highest BCUT2D eigenvalue weighted by atomic mass is 32.2. The Hall–Kier alpha value is -2.82. The maximum absolute atomic E-state index is 14.1. The van der Waals surface area contributed by atoms with E-state index in [0.717, 1.165) is 41.4 Å². The lowest BCUT2D eigenvalue weighted by molar-refractivity contribution is -0.122. The Morgan fingerprint density at radius 1 is 1.23 bits per heavy atom. The third kappa shape index (κ3) is 5.09. The van der Waals surface area contributed by atoms with E-state index in [1.807, 2.05) is 11.0 Å². The van der Waals surface area contributed by atoms with Crippen molar-refractivity contribution in [3.63, 3.8) is 0 Å². The van der Waals surface area contributed by atoms with Gasteiger partial charge in [0, 0.05) is 31.9 Å². The number of nitrogens with one attached hydrogen (secondary N) is 1. The molecule has 0 spiro atoms. The van der Waals surface area contributed by atoms with Crippen LogP contribution in [0, 0.1) is 5.82 Å². The molecule has 2 amide bonds. The predicted octanol–water partition coefficient (Wildman–Crippen LogP) is 1.78. The molecule has 1 atom stereocenters. The number of likely N-dealkylation sites (tertiary alicyclic amines) is 1. The monoisotopic (exact) mass is 448 g/mol. The Kier molecular flexibility index (Phi) is 6.73. The number of hydrogen-bond donors (Lipinski definition) is 2. The first-order valence-electron chi connectivity index (χ1n) is 9.75. The van der Waals surface area contributed by atoms with Gasteiger partial charge in [0.25, 0.3) is 5.91 Å². The molecule has 0 radical (unpaired) electrons. The molecule has 3 N–H and O–H groups in total. The average molecular weight is 449 g/mol. The van der Waals surface area contributed by atoms with Crippen LogP contribution in [-0.4, -0.2) is 56.1 Å². The van der Waals surface area contributed by atoms with E-state index in [4.69, 9.17) is 5.73 Å². The van der Waals surface area contributed by atoms with Crippen LogP contribution in [0.1, 0.15) is 28.8 Å². The summed E-state index contributed by atoms with van der Waals surface area (Å²) in [6, 6.07) is 10.0. The largest absolute Gasteiger partial charge is 0.368 e. The Bertz CT molecular complexity index is 1100. The molecule has 0 aromatic heterocycles. The maximum atomic E-state index is 14.1. The van der Waals surface area contributed by atoms with E-state index in [1.54, 1.807) is 18.2 Å². The Balaban J connectivity index is 1.77. The first-order valence-corrected chi connectivity index (χ1v) is 11.2. The molecule has 1 fully saturated rings. The summed E-state index contributed by atoms with van der Waals surface area (Å²) in [6.07, 6.45) is 1.63. The van der Waals surface area contributed by atoms with E-state index in [9.17, 15) is 22.4 Å². The van der Waals surface area contributed by atoms with E-state index in [0.29, 0.717) is 12.2 Å². The summed E-state index contributed by atoms with van der Waals surface area (Å²) >= 11 is 0. The lowest BCUT2D eigenvalue weighted by Gasteiger charge is -2.22. The number of amides is 2. The van der Waals surface area contributed by atoms with Crippen molar-refractivity contribution >= 4 is 27.5 Å². The van der Waals surface area contributed by atoms with Crippen molar-refractivity contribution in [2.45, 2.75) is 30.3 Å². The van der Waals surface area contributed by atoms with Crippen LogP contribution in [0.15, 0.2) is 47.4 Å². The van der Waals surface area contributed by atoms with Gasteiger partial charge in [-0.05, 0) is 55.3 Å². The average Bonchev–Trinajstić information content (AvgIpc) is 3.16. The molecule has 0 aliphatic carbocycles. The summed E-state index contributed by atoms with van der Waals surface area (Å²) in [6.45, 7) is 1.28. The first-order chi connectivity index (χ1) is 14.6. The second-order valence-corrected chi connectivity index (χ2v) is 9.74. The predicted molar refractivity (Wildman–Crippen MR) is 114 cm³/mol. The number of nitrogens with two attached hydrogens (primary N) is 1. The molecule has 3 rings (SSSR count). The zero-order chi connectivity index (χ0) is 22.8. The van der Waals surface area contributed by atoms with Gasteiger partial charge in [0.05, 0.1) is 6.04 Å². The van der Waals surface area contributed by atoms with E-state index < -0.39 is 26.6 Å². The summed E-state index contributed by atoms with van der Waals surface area (Å²) in [4.78, 5) is 25.7. The van der Waals surface area contributed by atoms with Crippen LogP contribution in [0.3, 0.4) is 0 Å². The molecule has 10 heteroatoms. The molecule has 0 bridgehead atoms. The van der Waals surface area contributed by atoms with E-state index >= 15 is 0 Å². The van der Waals surface area contributed by atoms with Crippen LogP contribution in [0.2, 0.25) is 0 Å². The molecule has 2 aromatic rings. The summed E-state index contributed by atoms with van der Waals surface area (Å²) in [7, 11) is -1.46. The zero-order valence-corrected chi connectivity index (χ0v) is 18.2. The SMILES string of the molecule is CN(C)S(=O)(=O)c1cc(C(=O)Nc2cccc(CN3CCCC3C(N)=O)c2)ccc1F. The van der Waals surface area contributed by atoms with Crippen LogP contribution >= 0.6 is 0 Å². The minimum atomic E-state index is -4.03. The number of primary amides is 1. The van der Waals surface area contributed by atoms with Gasteiger partial charge < -0.3 is 11.1 Å². The third-order valence-corrected chi connectivity index (χ3v) is 7.04. The van der Waals surface area contributed by atoms with Crippen LogP contribution < -0.4 is 11.1 Å². The third-order valence-electron chi connectivity index (χ3n) is 5.21. The highest BCUT2D eigenvalue weighted by Crippen LogP contribution is 2.23. The van der Waals surface area contributed by atoms with Gasteiger partial charge in [-0.1, -0.05) is 12.1 Å². The minimum Gasteiger partial charge on any atom is -0.368 e. The summed E-state index contributed by atoms with van der Waals surface area (Å²) in [5, 5.41) is 2.70. The number of carbonyl (C=O) groups is 2. The zero-order valence-electron chi connectivity index (χ0n) is 17.3. The number of rotatable bonds is 7. The van der Waals surface area contributed by atoms with E-state index in [-0.39, 0.29) is 17.5 Å². The number of hydrogen-bond acceptors (Lipinski definition) is 5. The molecule has 166 valence electrons. The molecule has 1 unspecified atom stereocenters. The number of halogens is 1. The van der Waals surface area contributed by atoms with Gasteiger partial charge in [0.15, 0.2) is 0 Å². The maximum Gasteiger partial charge on any atom is 0.255 e. The molecule has 1 aliphatic heterocycles. The molecular weight excluding hydrogens is 423 g/mol. The molecule has 8 nitrogen and oxygen atoms in total. The number of carbonyl (C=O) groups excluding carboxylic acids is 2. The van der Waals surface area contributed by atoms with Gasteiger partial charge in [-0.3, -0.25) is 14.5 Å². The van der Waals surface area contributed by atoms with Gasteiger partial charge in [-0.15, -0.1) is 0 Å². The standard InChI is InChI=1S/C21H25FN4O4S/c1-25(2)31(29,30)19-12-15(8-9-17(19)22)21(28)24-16-6-3-5-14(11-16)13-26-10-4-7-18(26)20(23)27/h3,5-6,8-9,11-12,18H,4,7,10,13H2,1-2H3,(H2,23,27)(H,24,28). The van der Waals surface area contributed by atoms with Crippen LogP contribution in [0.5, 0.6) is 0 Å². The second kappa shape index (κ2) is 9.13. The minimum absolute atomic E-state index is 0.0144. The molecule has 1 saturated heterocycles. The lowest BCUT2D eigenvalue weighted by atomic mass is 10.1. The van der Waals surface area contributed by atoms with Gasteiger partial charge in [0.1, 0.15) is 10.7 Å². The topological polar surface area (TPSA) is 113 Å². The fourth-order valence-electron chi connectivity index (χ4n) is 3.56. The van der Waals surface area contributed by atoms with Crippen molar-refractivity contribution in [3.8, 4) is 0 Å². The first kappa shape index (κ1) is 22.9. The molecule has 1 aliphatic rings. The van der Waals surface area contributed by atoms with Crippen molar-refractivity contribution < 1.29 is 22.4 Å². The fraction of sp³-hybridized carbons (Fsp3) is 0.333. The van der Waals surface area contributed by atoms with Crippen molar-refractivity contribution in [2.75, 3.05) is 26.0 Å². The van der Waals surface area contributed by atoms with Gasteiger partial charge in [-0.2, -0.15) is 0 Å². The summed E-state index contributed by atoms with van der Waals surface area (Å²) in [5.74, 6) is -1.84. The summed E-state index contributed by atoms with van der Waals surface area (Å²) in [5.41, 5.74) is 6.87. The van der Waals surface area contributed by atoms with Crippen LogP contribution in [-0.2, 0) is 21.4 Å². The van der Waals surface area contributed by atoms with Gasteiger partial charge >= 0.3 is 0 Å². The van der Waals surface area contributed by atoms with Crippen LogP contribution in [0.4, 0.5) is 10.1 Å². The Labute approximate surface area is 180 Å². The molecule has 31 heavy (non-hydrogen) atoms. The fourth-order valence-corrected chi connectivity index (χ4v) is 4.55. The molecule has 0 saturated carbocycles. The van der Waals surface area contributed by atoms with Crippen molar-refractivity contribution in [1.82, 2.24) is 9.21 Å². The van der Waals surface area contributed by atoms with E-state index in [1.165, 1.54) is 20.2 Å². The van der Waals surface area contributed by atoms with Gasteiger partial charge in [-0.25, -0.2) is 17.1 Å². The van der Waals surface area contributed by atoms with Crippen molar-refractivity contribution in [1.29, 1.82) is 0 Å². The number of sulfonamides is 1. The quantitative estimate of drug-likeness (QED) is 0.670. The lowest BCUT2D eigenvalue weighted by Crippen LogP contribution is -2.39. The van der Waals surface area contributed by atoms with E-state index in [2.05, 4.69) is 5.32 Å². The van der Waals surface area contributed by atoms with Crippen LogP contribution in [0.25, 0.3) is 0 Å². The smallest absolute Gasteiger partial charge is 0.255 e. The molecule has 2 aromatic carbocycles. The second-order valence-electron chi connectivity index (χ2n) is 7.62. The highest BCUT2D eigenvalue weighted by Gasteiger charge is 2.29. The summed E-state index contributed by atoms with van der Waals surface area (Å²) < 4.78 is 39.5. The molecule has 1 heterocycles. The number of anilines is 1. The van der Waals surface area contributed by atoms with Crippen molar-refractivity contribution in [3.05, 3.63) is 59.4 Å². The van der Waals surface area contributed by atoms with Crippen molar-refractivity contribution in [2.24, 2.45) is 5.73 Å². The molecular formula is C21H25FN4O4S. The van der Waals surface area contributed by atoms with Gasteiger partial charge in [0.2, 0.25) is 15.9 Å². The Morgan fingerprint density at radius 3 is 2.65 bits per heavy atom. The number of nitrogens with zero attached hydrogens (tertiary/aromatic N) is 2. The highest BCUT2D eigenvalue weighted by molar-refractivity contribution is 7.89. The normalized spacial score (nSPS) is 17.1.